The molecule has 2 N–H and O–H groups in total. The summed E-state index contributed by atoms with van der Waals surface area (Å²) in [7, 11) is 0. The van der Waals surface area contributed by atoms with Crippen LogP contribution >= 0.6 is 15.9 Å². The molecule has 2 amide bonds. The summed E-state index contributed by atoms with van der Waals surface area (Å²) in [5, 5.41) is 5.35. The van der Waals surface area contributed by atoms with E-state index >= 15 is 0 Å². The lowest BCUT2D eigenvalue weighted by molar-refractivity contribution is 0.171. The Morgan fingerprint density at radius 3 is 2.48 bits per heavy atom. The number of hydrogen-bond acceptors (Lipinski definition) is 3. The summed E-state index contributed by atoms with van der Waals surface area (Å²) in [6.45, 7) is 2.58. The van der Waals surface area contributed by atoms with Gasteiger partial charge in [0.25, 0.3) is 0 Å². The highest BCUT2D eigenvalue weighted by Crippen LogP contribution is 2.38. The zero-order valence-electron chi connectivity index (χ0n) is 13.2. The Kier molecular flexibility index (Phi) is 5.08. The smallest absolute Gasteiger partial charge is 0.319 e. The average molecular weight is 413 g/mol. The Balaban J connectivity index is 1.69. The minimum atomic E-state index is -0.957. The van der Waals surface area contributed by atoms with Crippen LogP contribution in [0.5, 0.6) is 11.5 Å². The molecule has 3 rings (SSSR count). The summed E-state index contributed by atoms with van der Waals surface area (Å²) >= 11 is 3.36. The van der Waals surface area contributed by atoms with E-state index < -0.39 is 23.7 Å². The van der Waals surface area contributed by atoms with Gasteiger partial charge in [0.2, 0.25) is 0 Å². The van der Waals surface area contributed by atoms with E-state index in [0.29, 0.717) is 40.4 Å². The molecule has 1 atom stereocenters. The third-order valence-corrected chi connectivity index (χ3v) is 4.33. The van der Waals surface area contributed by atoms with Gasteiger partial charge < -0.3 is 20.1 Å². The fraction of sp³-hybridized carbons (Fsp3) is 0.235. The summed E-state index contributed by atoms with van der Waals surface area (Å²) < 4.78 is 37.9. The van der Waals surface area contributed by atoms with Crippen LogP contribution < -0.4 is 20.1 Å². The van der Waals surface area contributed by atoms with Gasteiger partial charge in [0.05, 0.1) is 11.7 Å². The van der Waals surface area contributed by atoms with Crippen molar-refractivity contribution in [1.82, 2.24) is 5.32 Å². The number of anilines is 1. The minimum Gasteiger partial charge on any atom is -0.486 e. The van der Waals surface area contributed by atoms with Crippen molar-refractivity contribution in [2.75, 3.05) is 18.5 Å². The van der Waals surface area contributed by atoms with Gasteiger partial charge in [-0.1, -0.05) is 6.07 Å². The van der Waals surface area contributed by atoms with Crippen LogP contribution in [0.3, 0.4) is 0 Å². The number of urea groups is 1. The fourth-order valence-electron chi connectivity index (χ4n) is 2.38. The summed E-state index contributed by atoms with van der Waals surface area (Å²) in [5.41, 5.74) is 0.953. The maximum Gasteiger partial charge on any atom is 0.319 e. The zero-order valence-corrected chi connectivity index (χ0v) is 14.8. The van der Waals surface area contributed by atoms with E-state index in [-0.39, 0.29) is 0 Å². The number of carbonyl (C=O) groups is 1. The van der Waals surface area contributed by atoms with Crippen LogP contribution in [0.1, 0.15) is 18.5 Å². The fourth-order valence-corrected chi connectivity index (χ4v) is 2.80. The van der Waals surface area contributed by atoms with E-state index in [1.165, 1.54) is 6.07 Å². The molecule has 132 valence electrons. The second-order valence-corrected chi connectivity index (χ2v) is 6.32. The Hall–Kier alpha value is -2.35. The van der Waals surface area contributed by atoms with Gasteiger partial charge in [-0.25, -0.2) is 13.6 Å². The van der Waals surface area contributed by atoms with Crippen molar-refractivity contribution in [1.29, 1.82) is 0 Å². The van der Waals surface area contributed by atoms with Gasteiger partial charge in [0.15, 0.2) is 23.1 Å². The molecular weight excluding hydrogens is 398 g/mol. The molecule has 1 aliphatic heterocycles. The van der Waals surface area contributed by atoms with E-state index in [4.69, 9.17) is 9.47 Å². The first-order valence-corrected chi connectivity index (χ1v) is 8.35. The number of nitrogens with one attached hydrogen (secondary N) is 2. The Bertz CT molecular complexity index is 817. The van der Waals surface area contributed by atoms with Crippen LogP contribution in [-0.4, -0.2) is 19.2 Å². The van der Waals surface area contributed by atoms with E-state index in [9.17, 15) is 13.6 Å². The lowest BCUT2D eigenvalue weighted by Crippen LogP contribution is -2.31. The molecule has 0 bridgehead atoms. The van der Waals surface area contributed by atoms with Crippen LogP contribution in [0.2, 0.25) is 0 Å². The van der Waals surface area contributed by atoms with Crippen LogP contribution in [0.4, 0.5) is 19.3 Å². The molecule has 1 unspecified atom stereocenters. The Morgan fingerprint density at radius 1 is 1.12 bits per heavy atom. The molecule has 5 nitrogen and oxygen atoms in total. The van der Waals surface area contributed by atoms with Gasteiger partial charge in [-0.2, -0.15) is 0 Å². The highest BCUT2D eigenvalue weighted by atomic mass is 79.9. The predicted molar refractivity (Wildman–Crippen MR) is 92.1 cm³/mol. The Morgan fingerprint density at radius 2 is 1.80 bits per heavy atom. The summed E-state index contributed by atoms with van der Waals surface area (Å²) in [4.78, 5) is 12.2. The molecule has 0 aromatic heterocycles. The maximum absolute atomic E-state index is 13.3. The number of hydrogen-bond donors (Lipinski definition) is 2. The van der Waals surface area contributed by atoms with Gasteiger partial charge in [0.1, 0.15) is 13.2 Å². The molecule has 25 heavy (non-hydrogen) atoms. The molecule has 2 aromatic rings. The summed E-state index contributed by atoms with van der Waals surface area (Å²) in [6, 6.07) is 5.87. The first kappa shape index (κ1) is 17.5. The van der Waals surface area contributed by atoms with Crippen molar-refractivity contribution >= 4 is 27.6 Å². The Labute approximate surface area is 151 Å². The molecule has 1 aliphatic rings. The molecule has 0 aliphatic carbocycles. The third-order valence-electron chi connectivity index (χ3n) is 3.67. The molecule has 8 heteroatoms. The second kappa shape index (κ2) is 7.26. The lowest BCUT2D eigenvalue weighted by atomic mass is 10.1. The quantitative estimate of drug-likeness (QED) is 0.786. The van der Waals surface area contributed by atoms with E-state index in [2.05, 4.69) is 26.6 Å². The SMILES string of the molecule is CC(NC(=O)Nc1cc2c(cc1Br)OCCO2)c1ccc(F)c(F)c1. The van der Waals surface area contributed by atoms with Crippen molar-refractivity contribution in [3.8, 4) is 11.5 Å². The molecule has 0 saturated heterocycles. The summed E-state index contributed by atoms with van der Waals surface area (Å²) in [6.07, 6.45) is 0. The highest BCUT2D eigenvalue weighted by Gasteiger charge is 2.17. The minimum absolute atomic E-state index is 0.438. The molecule has 2 aromatic carbocycles. The van der Waals surface area contributed by atoms with Crippen LogP contribution in [-0.2, 0) is 0 Å². The number of amides is 2. The van der Waals surface area contributed by atoms with Gasteiger partial charge in [0, 0.05) is 16.6 Å². The number of rotatable bonds is 3. The molecule has 0 spiro atoms. The molecule has 0 fully saturated rings. The molecule has 0 saturated carbocycles. The monoisotopic (exact) mass is 412 g/mol. The normalized spacial score (nSPS) is 13.9. The topological polar surface area (TPSA) is 59.6 Å². The van der Waals surface area contributed by atoms with Crippen LogP contribution in [0.15, 0.2) is 34.8 Å². The number of carbonyl (C=O) groups excluding carboxylic acids is 1. The number of ether oxygens (including phenoxy) is 2. The third kappa shape index (κ3) is 4.01. The largest absolute Gasteiger partial charge is 0.486 e. The van der Waals surface area contributed by atoms with Crippen molar-refractivity contribution < 1.29 is 23.0 Å². The van der Waals surface area contributed by atoms with E-state index in [0.717, 1.165) is 12.1 Å². The zero-order chi connectivity index (χ0) is 18.0. The van der Waals surface area contributed by atoms with Gasteiger partial charge in [-0.05, 0) is 40.5 Å². The molecule has 0 radical (unpaired) electrons. The van der Waals surface area contributed by atoms with E-state index in [1.54, 1.807) is 19.1 Å². The second-order valence-electron chi connectivity index (χ2n) is 5.47. The van der Waals surface area contributed by atoms with Crippen LogP contribution in [0, 0.1) is 11.6 Å². The van der Waals surface area contributed by atoms with Crippen molar-refractivity contribution in [2.24, 2.45) is 0 Å². The highest BCUT2D eigenvalue weighted by molar-refractivity contribution is 9.10. The molecule has 1 heterocycles. The standard InChI is InChI=1S/C17H15BrF2N2O3/c1-9(10-2-3-12(19)13(20)6-10)21-17(23)22-14-8-16-15(7-11(14)18)24-4-5-25-16/h2-3,6-9H,4-5H2,1H3,(H2,21,22,23). The number of halogens is 3. The average Bonchev–Trinajstić information content (AvgIpc) is 2.58. The first-order chi connectivity index (χ1) is 11.9. The van der Waals surface area contributed by atoms with Crippen molar-refractivity contribution in [2.45, 2.75) is 13.0 Å². The van der Waals surface area contributed by atoms with Crippen LogP contribution in [0.25, 0.3) is 0 Å². The van der Waals surface area contributed by atoms with Gasteiger partial charge in [-0.3, -0.25) is 0 Å². The van der Waals surface area contributed by atoms with Crippen molar-refractivity contribution in [3.63, 3.8) is 0 Å². The number of benzene rings is 2. The summed E-state index contributed by atoms with van der Waals surface area (Å²) in [5.74, 6) is -0.751. The van der Waals surface area contributed by atoms with Crippen molar-refractivity contribution in [3.05, 3.63) is 52.0 Å². The van der Waals surface area contributed by atoms with Gasteiger partial charge >= 0.3 is 6.03 Å². The van der Waals surface area contributed by atoms with Gasteiger partial charge in [-0.15, -0.1) is 0 Å². The first-order valence-electron chi connectivity index (χ1n) is 7.55. The lowest BCUT2D eigenvalue weighted by Gasteiger charge is -2.20. The predicted octanol–water partition coefficient (Wildman–Crippen LogP) is 4.38. The number of fused-ring (bicyclic) bond motifs is 1. The maximum atomic E-state index is 13.3. The molecular formula is C17H15BrF2N2O3. The van der Waals surface area contributed by atoms with E-state index in [1.807, 2.05) is 0 Å².